The number of carbonyl (C=O) groups is 1. The molecule has 0 N–H and O–H groups in total. The molecule has 3 nitrogen and oxygen atoms in total. The molecular weight excluding hydrogens is 248 g/mol. The van der Waals surface area contributed by atoms with E-state index in [1.807, 2.05) is 6.55 Å². The van der Waals surface area contributed by atoms with E-state index in [1.54, 1.807) is 6.92 Å². The summed E-state index contributed by atoms with van der Waals surface area (Å²) in [5.41, 5.74) is 0.444. The van der Waals surface area contributed by atoms with Crippen LogP contribution in [0.15, 0.2) is 12.2 Å². The number of carbonyl (C=O) groups excluding carboxylic acids is 1. The van der Waals surface area contributed by atoms with Gasteiger partial charge >= 0.3 is 14.5 Å². The zero-order chi connectivity index (χ0) is 13.7. The van der Waals surface area contributed by atoms with Gasteiger partial charge in [0.2, 0.25) is 0 Å². The van der Waals surface area contributed by atoms with Gasteiger partial charge in [-0.25, -0.2) is 4.79 Å². The molecule has 1 atom stereocenters. The summed E-state index contributed by atoms with van der Waals surface area (Å²) in [4.78, 5) is 11.7. The topological polar surface area (TPSA) is 35.5 Å². The third kappa shape index (κ3) is 7.51. The fraction of sp³-hybridized carbons (Fsp3) is 0.750. The van der Waals surface area contributed by atoms with Gasteiger partial charge in [-0.3, -0.25) is 0 Å². The molecule has 5 heteroatoms. The Morgan fingerprint density at radius 2 is 1.76 bits per heavy atom. The normalized spacial score (nSPS) is 15.2. The molecule has 0 radical (unpaired) electrons. The van der Waals surface area contributed by atoms with Crippen LogP contribution in [0.3, 0.4) is 0 Å². The van der Waals surface area contributed by atoms with Crippen molar-refractivity contribution in [2.45, 2.75) is 58.9 Å². The van der Waals surface area contributed by atoms with E-state index < -0.39 is 16.9 Å². The van der Waals surface area contributed by atoms with Crippen LogP contribution in [0.25, 0.3) is 0 Å². The van der Waals surface area contributed by atoms with Crippen LogP contribution in [0.4, 0.5) is 0 Å². The van der Waals surface area contributed by atoms with E-state index in [9.17, 15) is 4.79 Å². The van der Waals surface area contributed by atoms with Crippen LogP contribution in [-0.4, -0.2) is 22.8 Å². The highest BCUT2D eigenvalue weighted by Gasteiger charge is 2.39. The second-order valence-electron chi connectivity index (χ2n) is 5.62. The summed E-state index contributed by atoms with van der Waals surface area (Å²) in [5.74, 6) is -0.312. The van der Waals surface area contributed by atoms with Crippen LogP contribution >= 0.6 is 0 Å². The Kier molecular flexibility index (Phi) is 6.36. The van der Waals surface area contributed by atoms with E-state index in [1.165, 1.54) is 0 Å². The van der Waals surface area contributed by atoms with Crippen molar-refractivity contribution in [3.05, 3.63) is 12.2 Å². The van der Waals surface area contributed by atoms with Gasteiger partial charge in [0.05, 0.1) is 0 Å². The van der Waals surface area contributed by atoms with Gasteiger partial charge in [-0.05, 0) is 33.1 Å². The second kappa shape index (κ2) is 6.51. The SMILES string of the molecule is C=C(C)C(=O)O[Si](C)(CCCC)O[Si](C)(C)C. The monoisotopic (exact) mass is 274 g/mol. The van der Waals surface area contributed by atoms with E-state index in [4.69, 9.17) is 8.54 Å². The number of hydrogen-bond donors (Lipinski definition) is 0. The molecule has 1 unspecified atom stereocenters. The zero-order valence-electron chi connectivity index (χ0n) is 12.1. The van der Waals surface area contributed by atoms with Gasteiger partial charge in [-0.2, -0.15) is 0 Å². The summed E-state index contributed by atoms with van der Waals surface area (Å²) >= 11 is 0. The van der Waals surface area contributed by atoms with Crippen molar-refractivity contribution < 1.29 is 13.3 Å². The minimum atomic E-state index is -2.38. The molecule has 0 aliphatic rings. The largest absolute Gasteiger partial charge is 0.492 e. The summed E-state index contributed by atoms with van der Waals surface area (Å²) in [6.45, 7) is 15.8. The summed E-state index contributed by atoms with van der Waals surface area (Å²) < 4.78 is 11.7. The maximum atomic E-state index is 11.7. The molecule has 0 rings (SSSR count). The lowest BCUT2D eigenvalue weighted by atomic mass is 10.4. The van der Waals surface area contributed by atoms with Crippen LogP contribution < -0.4 is 0 Å². The Labute approximate surface area is 108 Å². The highest BCUT2D eigenvalue weighted by Crippen LogP contribution is 2.23. The standard InChI is InChI=1S/C12H26O3Si2/c1-8-9-10-17(7,15-16(4,5)6)14-12(13)11(2)3/h2,8-10H2,1,3-7H3. The number of unbranched alkanes of at least 4 members (excludes halogenated alkanes) is 1. The maximum Gasteiger partial charge on any atom is 0.388 e. The Morgan fingerprint density at radius 1 is 1.24 bits per heavy atom. The van der Waals surface area contributed by atoms with Crippen LogP contribution in [0.1, 0.15) is 26.7 Å². The molecule has 0 amide bonds. The molecule has 0 aromatic heterocycles. The molecule has 0 spiro atoms. The lowest BCUT2D eigenvalue weighted by Gasteiger charge is -2.33. The van der Waals surface area contributed by atoms with Gasteiger partial charge in [0.15, 0.2) is 8.32 Å². The molecule has 100 valence electrons. The van der Waals surface area contributed by atoms with Crippen molar-refractivity contribution in [2.24, 2.45) is 0 Å². The zero-order valence-corrected chi connectivity index (χ0v) is 14.1. The summed E-state index contributed by atoms with van der Waals surface area (Å²) in [6.07, 6.45) is 2.12. The van der Waals surface area contributed by atoms with Crippen LogP contribution in [-0.2, 0) is 13.3 Å². The van der Waals surface area contributed by atoms with Gasteiger partial charge in [-0.1, -0.05) is 26.3 Å². The average molecular weight is 275 g/mol. The van der Waals surface area contributed by atoms with Gasteiger partial charge in [-0.15, -0.1) is 0 Å². The first-order chi connectivity index (χ1) is 7.59. The van der Waals surface area contributed by atoms with Crippen molar-refractivity contribution >= 4 is 22.8 Å². The van der Waals surface area contributed by atoms with E-state index in [-0.39, 0.29) is 5.97 Å². The van der Waals surface area contributed by atoms with Crippen molar-refractivity contribution in [1.29, 1.82) is 0 Å². The van der Waals surface area contributed by atoms with E-state index in [2.05, 4.69) is 33.1 Å². The van der Waals surface area contributed by atoms with Crippen LogP contribution in [0.5, 0.6) is 0 Å². The first-order valence-corrected chi connectivity index (χ1v) is 12.1. The van der Waals surface area contributed by atoms with Gasteiger partial charge in [0.25, 0.3) is 0 Å². The summed E-state index contributed by atoms with van der Waals surface area (Å²) in [6, 6.07) is 0.868. The minimum Gasteiger partial charge on any atom is -0.492 e. The quantitative estimate of drug-likeness (QED) is 0.523. The number of hydrogen-bond acceptors (Lipinski definition) is 3. The number of rotatable bonds is 7. The Hall–Kier alpha value is -0.396. The van der Waals surface area contributed by atoms with Gasteiger partial charge < -0.3 is 8.54 Å². The molecule has 0 saturated carbocycles. The average Bonchev–Trinajstić information content (AvgIpc) is 2.11. The molecule has 0 saturated heterocycles. The third-order valence-corrected chi connectivity index (χ3v) is 8.22. The van der Waals surface area contributed by atoms with Crippen molar-refractivity contribution in [3.8, 4) is 0 Å². The molecule has 0 aliphatic heterocycles. The second-order valence-corrected chi connectivity index (χ2v) is 13.6. The summed E-state index contributed by atoms with van der Waals surface area (Å²) in [7, 11) is -4.07. The smallest absolute Gasteiger partial charge is 0.388 e. The highest BCUT2D eigenvalue weighted by molar-refractivity contribution is 6.82. The summed E-state index contributed by atoms with van der Waals surface area (Å²) in [5, 5.41) is 0. The third-order valence-electron chi connectivity index (χ3n) is 2.16. The predicted octanol–water partition coefficient (Wildman–Crippen LogP) is 3.83. The molecule has 0 fully saturated rings. The van der Waals surface area contributed by atoms with Crippen molar-refractivity contribution in [2.75, 3.05) is 0 Å². The fourth-order valence-electron chi connectivity index (χ4n) is 1.55. The van der Waals surface area contributed by atoms with E-state index in [0.29, 0.717) is 5.57 Å². The van der Waals surface area contributed by atoms with Crippen LogP contribution in [0.2, 0.25) is 32.2 Å². The minimum absolute atomic E-state index is 0.312. The van der Waals surface area contributed by atoms with Gasteiger partial charge in [0, 0.05) is 11.6 Å². The molecular formula is C12H26O3Si2. The first-order valence-electron chi connectivity index (χ1n) is 6.18. The van der Waals surface area contributed by atoms with Crippen molar-refractivity contribution in [1.82, 2.24) is 0 Å². The van der Waals surface area contributed by atoms with Crippen LogP contribution in [0, 0.1) is 0 Å². The van der Waals surface area contributed by atoms with Crippen molar-refractivity contribution in [3.63, 3.8) is 0 Å². The molecule has 0 aromatic carbocycles. The Morgan fingerprint density at radius 3 is 2.12 bits per heavy atom. The fourth-order valence-corrected chi connectivity index (χ4v) is 8.97. The van der Waals surface area contributed by atoms with Gasteiger partial charge in [0.1, 0.15) is 0 Å². The molecule has 0 bridgehead atoms. The Bertz CT molecular complexity index is 284. The maximum absolute atomic E-state index is 11.7. The molecule has 17 heavy (non-hydrogen) atoms. The van der Waals surface area contributed by atoms with E-state index in [0.717, 1.165) is 18.9 Å². The lowest BCUT2D eigenvalue weighted by Crippen LogP contribution is -2.48. The first kappa shape index (κ1) is 16.6. The molecule has 0 aliphatic carbocycles. The Balaban J connectivity index is 4.71. The molecule has 0 aromatic rings. The predicted molar refractivity (Wildman–Crippen MR) is 76.7 cm³/mol. The highest BCUT2D eigenvalue weighted by atomic mass is 28.4. The molecule has 0 heterocycles. The lowest BCUT2D eigenvalue weighted by molar-refractivity contribution is -0.131. The van der Waals surface area contributed by atoms with E-state index >= 15 is 0 Å².